The van der Waals surface area contributed by atoms with Crippen LogP contribution in [0.5, 0.6) is 0 Å². The number of rotatable bonds is 4. The van der Waals surface area contributed by atoms with E-state index in [1.807, 2.05) is 13.8 Å². The van der Waals surface area contributed by atoms with E-state index < -0.39 is 21.3 Å². The molecule has 1 atom stereocenters. The highest BCUT2D eigenvalue weighted by atomic mass is 32.2. The van der Waals surface area contributed by atoms with Crippen LogP contribution in [0.15, 0.2) is 24.3 Å². The van der Waals surface area contributed by atoms with E-state index in [-0.39, 0.29) is 23.4 Å². The van der Waals surface area contributed by atoms with Crippen LogP contribution in [0, 0.1) is 5.41 Å². The first kappa shape index (κ1) is 17.5. The molecule has 1 N–H and O–H groups in total. The summed E-state index contributed by atoms with van der Waals surface area (Å²) in [6, 6.07) is 6.15. The monoisotopic (exact) mass is 338 g/mol. The SMILES string of the molecule is CCC(C)NC(=O)c1cccc(N2C(=O)C(C)(C)CS2(=O)=O)c1. The van der Waals surface area contributed by atoms with Crippen LogP contribution in [0.2, 0.25) is 0 Å². The van der Waals surface area contributed by atoms with Gasteiger partial charge in [-0.25, -0.2) is 12.7 Å². The number of sulfonamides is 1. The zero-order chi connectivity index (χ0) is 17.4. The average Bonchev–Trinajstić information content (AvgIpc) is 2.62. The van der Waals surface area contributed by atoms with Crippen molar-refractivity contribution in [2.75, 3.05) is 10.1 Å². The molecule has 1 aromatic rings. The van der Waals surface area contributed by atoms with Gasteiger partial charge in [0.2, 0.25) is 15.9 Å². The van der Waals surface area contributed by atoms with Gasteiger partial charge < -0.3 is 5.32 Å². The molecule has 23 heavy (non-hydrogen) atoms. The van der Waals surface area contributed by atoms with Gasteiger partial charge in [-0.1, -0.05) is 13.0 Å². The summed E-state index contributed by atoms with van der Waals surface area (Å²) in [5.74, 6) is -0.997. The lowest BCUT2D eigenvalue weighted by molar-refractivity contribution is -0.123. The molecule has 7 heteroatoms. The summed E-state index contributed by atoms with van der Waals surface area (Å²) in [5, 5.41) is 2.82. The zero-order valence-corrected chi connectivity index (χ0v) is 14.6. The minimum Gasteiger partial charge on any atom is -0.350 e. The van der Waals surface area contributed by atoms with Crippen molar-refractivity contribution >= 4 is 27.5 Å². The number of hydrogen-bond acceptors (Lipinski definition) is 4. The number of benzene rings is 1. The van der Waals surface area contributed by atoms with Crippen molar-refractivity contribution in [1.29, 1.82) is 0 Å². The molecule has 0 saturated carbocycles. The Morgan fingerprint density at radius 1 is 1.39 bits per heavy atom. The van der Waals surface area contributed by atoms with Crippen LogP contribution in [-0.4, -0.2) is 32.0 Å². The van der Waals surface area contributed by atoms with E-state index in [1.54, 1.807) is 26.0 Å². The summed E-state index contributed by atoms with van der Waals surface area (Å²) in [5.41, 5.74) is -0.429. The van der Waals surface area contributed by atoms with Crippen LogP contribution >= 0.6 is 0 Å². The highest BCUT2D eigenvalue weighted by Crippen LogP contribution is 2.35. The molecule has 1 fully saturated rings. The Labute approximate surface area is 136 Å². The third-order valence-electron chi connectivity index (χ3n) is 3.92. The maximum absolute atomic E-state index is 12.4. The molecule has 0 aliphatic carbocycles. The quantitative estimate of drug-likeness (QED) is 0.909. The van der Waals surface area contributed by atoms with Gasteiger partial charge in [0.15, 0.2) is 0 Å². The van der Waals surface area contributed by atoms with Crippen LogP contribution in [-0.2, 0) is 14.8 Å². The lowest BCUT2D eigenvalue weighted by Crippen LogP contribution is -2.34. The molecule has 0 bridgehead atoms. The van der Waals surface area contributed by atoms with Crippen molar-refractivity contribution in [1.82, 2.24) is 5.32 Å². The standard InChI is InChI=1S/C16H22N2O4S/c1-5-11(2)17-14(19)12-7-6-8-13(9-12)18-15(20)16(3,4)10-23(18,21)22/h6-9,11H,5,10H2,1-4H3,(H,17,19). The molecule has 1 unspecified atom stereocenters. The summed E-state index contributed by atoms with van der Waals surface area (Å²) >= 11 is 0. The molecule has 0 spiro atoms. The predicted molar refractivity (Wildman–Crippen MR) is 88.7 cm³/mol. The van der Waals surface area contributed by atoms with E-state index in [9.17, 15) is 18.0 Å². The van der Waals surface area contributed by atoms with E-state index in [2.05, 4.69) is 5.32 Å². The van der Waals surface area contributed by atoms with Gasteiger partial charge in [0, 0.05) is 11.6 Å². The predicted octanol–water partition coefficient (Wildman–Crippen LogP) is 1.92. The normalized spacial score (nSPS) is 20.3. The van der Waals surface area contributed by atoms with Gasteiger partial charge in [-0.2, -0.15) is 0 Å². The molecular weight excluding hydrogens is 316 g/mol. The minimum atomic E-state index is -3.72. The Kier molecular flexibility index (Phi) is 4.52. The Bertz CT molecular complexity index is 740. The number of hydrogen-bond donors (Lipinski definition) is 1. The molecular formula is C16H22N2O4S. The van der Waals surface area contributed by atoms with Crippen LogP contribution < -0.4 is 9.62 Å². The number of carbonyl (C=O) groups excluding carboxylic acids is 2. The summed E-state index contributed by atoms with van der Waals surface area (Å²) in [6.07, 6.45) is 0.790. The summed E-state index contributed by atoms with van der Waals surface area (Å²) in [6.45, 7) is 7.05. The maximum Gasteiger partial charge on any atom is 0.251 e. The van der Waals surface area contributed by atoms with Crippen LogP contribution in [0.25, 0.3) is 0 Å². The Morgan fingerprint density at radius 3 is 2.57 bits per heavy atom. The van der Waals surface area contributed by atoms with Gasteiger partial charge in [0.25, 0.3) is 5.91 Å². The molecule has 1 aliphatic heterocycles. The fourth-order valence-corrected chi connectivity index (χ4v) is 4.54. The molecule has 6 nitrogen and oxygen atoms in total. The van der Waals surface area contributed by atoms with Gasteiger partial charge in [0.1, 0.15) is 0 Å². The Hall–Kier alpha value is -1.89. The van der Waals surface area contributed by atoms with Crippen molar-refractivity contribution in [3.63, 3.8) is 0 Å². The van der Waals surface area contributed by atoms with Gasteiger partial charge >= 0.3 is 0 Å². The minimum absolute atomic E-state index is 0.0160. The Balaban J connectivity index is 2.37. The molecule has 1 heterocycles. The zero-order valence-electron chi connectivity index (χ0n) is 13.8. The van der Waals surface area contributed by atoms with E-state index >= 15 is 0 Å². The maximum atomic E-state index is 12.4. The fraction of sp³-hybridized carbons (Fsp3) is 0.500. The van der Waals surface area contributed by atoms with Crippen LogP contribution in [0.4, 0.5) is 5.69 Å². The van der Waals surface area contributed by atoms with E-state index in [1.165, 1.54) is 12.1 Å². The number of anilines is 1. The third-order valence-corrected chi connectivity index (χ3v) is 5.94. The second-order valence-electron chi connectivity index (χ2n) is 6.54. The smallest absolute Gasteiger partial charge is 0.251 e. The largest absolute Gasteiger partial charge is 0.350 e. The first-order valence-electron chi connectivity index (χ1n) is 7.57. The summed E-state index contributed by atoms with van der Waals surface area (Å²) in [7, 11) is -3.72. The van der Waals surface area contributed by atoms with Crippen molar-refractivity contribution in [2.45, 2.75) is 40.2 Å². The molecule has 0 aromatic heterocycles. The van der Waals surface area contributed by atoms with Gasteiger partial charge in [-0.05, 0) is 45.4 Å². The topological polar surface area (TPSA) is 83.6 Å². The van der Waals surface area contributed by atoms with E-state index in [4.69, 9.17) is 0 Å². The molecule has 1 aromatic carbocycles. The van der Waals surface area contributed by atoms with E-state index in [0.717, 1.165) is 10.7 Å². The van der Waals surface area contributed by atoms with Crippen molar-refractivity contribution < 1.29 is 18.0 Å². The first-order chi connectivity index (χ1) is 10.6. The van der Waals surface area contributed by atoms with Gasteiger partial charge in [0.05, 0.1) is 16.9 Å². The van der Waals surface area contributed by atoms with Gasteiger partial charge in [-0.15, -0.1) is 0 Å². The summed E-state index contributed by atoms with van der Waals surface area (Å²) in [4.78, 5) is 24.6. The number of amides is 2. The third kappa shape index (κ3) is 3.39. The molecule has 1 saturated heterocycles. The van der Waals surface area contributed by atoms with Crippen molar-refractivity contribution in [3.05, 3.63) is 29.8 Å². The van der Waals surface area contributed by atoms with Gasteiger partial charge in [-0.3, -0.25) is 9.59 Å². The number of nitrogens with zero attached hydrogens (tertiary/aromatic N) is 1. The number of carbonyl (C=O) groups is 2. The lowest BCUT2D eigenvalue weighted by Gasteiger charge is -2.18. The van der Waals surface area contributed by atoms with Crippen molar-refractivity contribution in [3.8, 4) is 0 Å². The molecule has 0 radical (unpaired) electrons. The highest BCUT2D eigenvalue weighted by Gasteiger charge is 2.49. The molecule has 2 rings (SSSR count). The lowest BCUT2D eigenvalue weighted by atomic mass is 9.95. The second kappa shape index (κ2) is 5.96. The second-order valence-corrected chi connectivity index (χ2v) is 8.36. The van der Waals surface area contributed by atoms with Crippen molar-refractivity contribution in [2.24, 2.45) is 5.41 Å². The molecule has 2 amide bonds. The molecule has 1 aliphatic rings. The molecule has 126 valence electrons. The fourth-order valence-electron chi connectivity index (χ4n) is 2.44. The Morgan fingerprint density at radius 2 is 2.04 bits per heavy atom. The average molecular weight is 338 g/mol. The van der Waals surface area contributed by atoms with E-state index in [0.29, 0.717) is 5.56 Å². The summed E-state index contributed by atoms with van der Waals surface area (Å²) < 4.78 is 25.4. The van der Waals surface area contributed by atoms with Crippen LogP contribution in [0.3, 0.4) is 0 Å². The van der Waals surface area contributed by atoms with Crippen LogP contribution in [0.1, 0.15) is 44.5 Å². The highest BCUT2D eigenvalue weighted by molar-refractivity contribution is 7.94. The first-order valence-corrected chi connectivity index (χ1v) is 9.18. The number of nitrogens with one attached hydrogen (secondary N) is 1.